The van der Waals surface area contributed by atoms with Gasteiger partial charge in [-0.2, -0.15) is 0 Å². The van der Waals surface area contributed by atoms with Crippen molar-refractivity contribution in [3.63, 3.8) is 0 Å². The Morgan fingerprint density at radius 2 is 2.07 bits per heavy atom. The summed E-state index contributed by atoms with van der Waals surface area (Å²) in [5.41, 5.74) is 0.662. The summed E-state index contributed by atoms with van der Waals surface area (Å²) in [4.78, 5) is 11.8. The Morgan fingerprint density at radius 1 is 1.33 bits per heavy atom. The highest BCUT2D eigenvalue weighted by atomic mass is 35.5. The van der Waals surface area contributed by atoms with Crippen LogP contribution < -0.4 is 4.74 Å². The third-order valence-electron chi connectivity index (χ3n) is 2.19. The van der Waals surface area contributed by atoms with Gasteiger partial charge in [0.2, 0.25) is 0 Å². The molecule has 0 radical (unpaired) electrons. The van der Waals surface area contributed by atoms with E-state index in [-0.39, 0.29) is 5.78 Å². The minimum absolute atomic E-state index is 0.123. The van der Waals surface area contributed by atoms with Crippen LogP contribution in [0.25, 0.3) is 0 Å². The molecular weight excluding hydrogens is 212 g/mol. The molecule has 1 aromatic carbocycles. The summed E-state index contributed by atoms with van der Waals surface area (Å²) < 4.78 is 5.13. The van der Waals surface area contributed by atoms with E-state index in [2.05, 4.69) is 0 Å². The maximum atomic E-state index is 11.8. The number of ketones is 1. The highest BCUT2D eigenvalue weighted by Crippen LogP contribution is 2.19. The number of hydrogen-bond donors (Lipinski definition) is 0. The Kier molecular flexibility index (Phi) is 5.19. The van der Waals surface area contributed by atoms with Gasteiger partial charge in [0.1, 0.15) is 5.75 Å². The van der Waals surface area contributed by atoms with Gasteiger partial charge in [-0.15, -0.1) is 11.6 Å². The van der Waals surface area contributed by atoms with Crippen molar-refractivity contribution < 1.29 is 9.53 Å². The zero-order valence-corrected chi connectivity index (χ0v) is 9.59. The largest absolute Gasteiger partial charge is 0.496 e. The van der Waals surface area contributed by atoms with Gasteiger partial charge >= 0.3 is 0 Å². The zero-order valence-electron chi connectivity index (χ0n) is 8.83. The average molecular weight is 227 g/mol. The maximum absolute atomic E-state index is 11.8. The Hall–Kier alpha value is -1.02. The van der Waals surface area contributed by atoms with E-state index in [0.717, 1.165) is 12.8 Å². The summed E-state index contributed by atoms with van der Waals surface area (Å²) in [7, 11) is 1.57. The number of ether oxygens (including phenoxy) is 1. The maximum Gasteiger partial charge on any atom is 0.166 e. The molecule has 3 heteroatoms. The second kappa shape index (κ2) is 6.46. The van der Waals surface area contributed by atoms with Gasteiger partial charge in [0.15, 0.2) is 5.78 Å². The second-order valence-electron chi connectivity index (χ2n) is 3.27. The number of rotatable bonds is 6. The molecule has 0 N–H and O–H groups in total. The number of unbranched alkanes of at least 4 members (excludes halogenated alkanes) is 1. The van der Waals surface area contributed by atoms with Crippen LogP contribution in [0, 0.1) is 0 Å². The van der Waals surface area contributed by atoms with E-state index in [4.69, 9.17) is 16.3 Å². The van der Waals surface area contributed by atoms with Crippen molar-refractivity contribution in [3.05, 3.63) is 29.8 Å². The van der Waals surface area contributed by atoms with E-state index in [1.54, 1.807) is 19.2 Å². The molecule has 0 bridgehead atoms. The van der Waals surface area contributed by atoms with Crippen molar-refractivity contribution in [3.8, 4) is 5.75 Å². The molecule has 0 heterocycles. The number of alkyl halides is 1. The molecule has 15 heavy (non-hydrogen) atoms. The van der Waals surface area contributed by atoms with Gasteiger partial charge in [-0.3, -0.25) is 4.79 Å². The molecule has 1 rings (SSSR count). The Balaban J connectivity index is 2.64. The minimum Gasteiger partial charge on any atom is -0.496 e. The quantitative estimate of drug-likeness (QED) is 0.423. The lowest BCUT2D eigenvalue weighted by molar-refractivity contribution is 0.0977. The summed E-state index contributed by atoms with van der Waals surface area (Å²) in [6.45, 7) is 0. The van der Waals surface area contributed by atoms with Crippen LogP contribution in [0.4, 0.5) is 0 Å². The lowest BCUT2D eigenvalue weighted by Crippen LogP contribution is -2.01. The molecule has 0 spiro atoms. The molecule has 0 aromatic heterocycles. The summed E-state index contributed by atoms with van der Waals surface area (Å²) in [6, 6.07) is 7.29. The van der Waals surface area contributed by atoms with Gasteiger partial charge in [0, 0.05) is 12.3 Å². The lowest BCUT2D eigenvalue weighted by Gasteiger charge is -2.06. The highest BCUT2D eigenvalue weighted by Gasteiger charge is 2.10. The fourth-order valence-electron chi connectivity index (χ4n) is 1.39. The molecule has 0 saturated heterocycles. The van der Waals surface area contributed by atoms with Crippen LogP contribution in [0.5, 0.6) is 5.75 Å². The molecule has 82 valence electrons. The fourth-order valence-corrected chi connectivity index (χ4v) is 1.58. The molecular formula is C12H15ClO2. The number of methoxy groups -OCH3 is 1. The zero-order chi connectivity index (χ0) is 11.1. The standard InChI is InChI=1S/C12H15ClO2/c1-15-12-8-3-2-6-10(12)11(14)7-4-5-9-13/h2-3,6,8H,4-5,7,9H2,1H3. The number of hydrogen-bond acceptors (Lipinski definition) is 2. The second-order valence-corrected chi connectivity index (χ2v) is 3.65. The first kappa shape index (κ1) is 12.1. The number of Topliss-reactive ketones (excluding diaryl/α,β-unsaturated/α-hetero) is 1. The van der Waals surface area contributed by atoms with Gasteiger partial charge in [0.25, 0.3) is 0 Å². The number of para-hydroxylation sites is 1. The Morgan fingerprint density at radius 3 is 2.73 bits per heavy atom. The molecule has 1 aromatic rings. The molecule has 0 aliphatic carbocycles. The molecule has 0 atom stereocenters. The van der Waals surface area contributed by atoms with Crippen molar-refractivity contribution in [2.45, 2.75) is 19.3 Å². The normalized spacial score (nSPS) is 10.0. The molecule has 0 fully saturated rings. The molecule has 0 saturated carbocycles. The number of halogens is 1. The van der Waals surface area contributed by atoms with Crippen molar-refractivity contribution in [2.24, 2.45) is 0 Å². The lowest BCUT2D eigenvalue weighted by atomic mass is 10.0. The summed E-state index contributed by atoms with van der Waals surface area (Å²) in [6.07, 6.45) is 2.25. The summed E-state index contributed by atoms with van der Waals surface area (Å²) in [5.74, 6) is 1.38. The van der Waals surface area contributed by atoms with Crippen LogP contribution in [0.15, 0.2) is 24.3 Å². The third kappa shape index (κ3) is 3.56. The summed E-state index contributed by atoms with van der Waals surface area (Å²) >= 11 is 5.55. The van der Waals surface area contributed by atoms with E-state index < -0.39 is 0 Å². The number of carbonyl (C=O) groups is 1. The molecule has 0 aliphatic rings. The van der Waals surface area contributed by atoms with E-state index in [1.807, 2.05) is 12.1 Å². The van der Waals surface area contributed by atoms with Crippen LogP contribution in [-0.4, -0.2) is 18.8 Å². The highest BCUT2D eigenvalue weighted by molar-refractivity contribution is 6.17. The van der Waals surface area contributed by atoms with Crippen LogP contribution in [0.3, 0.4) is 0 Å². The third-order valence-corrected chi connectivity index (χ3v) is 2.46. The molecule has 0 amide bonds. The Bertz CT molecular complexity index is 323. The smallest absolute Gasteiger partial charge is 0.166 e. The topological polar surface area (TPSA) is 26.3 Å². The van der Waals surface area contributed by atoms with Crippen molar-refractivity contribution >= 4 is 17.4 Å². The predicted octanol–water partition coefficient (Wildman–Crippen LogP) is 3.29. The van der Waals surface area contributed by atoms with E-state index >= 15 is 0 Å². The van der Waals surface area contributed by atoms with Gasteiger partial charge < -0.3 is 4.74 Å². The van der Waals surface area contributed by atoms with Gasteiger partial charge in [0.05, 0.1) is 12.7 Å². The first-order chi connectivity index (χ1) is 7.29. The monoisotopic (exact) mass is 226 g/mol. The van der Waals surface area contributed by atoms with E-state index in [9.17, 15) is 4.79 Å². The van der Waals surface area contributed by atoms with Crippen LogP contribution in [0.1, 0.15) is 29.6 Å². The number of benzene rings is 1. The minimum atomic E-state index is 0.123. The molecule has 2 nitrogen and oxygen atoms in total. The SMILES string of the molecule is COc1ccccc1C(=O)CCCCCl. The van der Waals surface area contributed by atoms with Crippen molar-refractivity contribution in [1.82, 2.24) is 0 Å². The van der Waals surface area contributed by atoms with Crippen molar-refractivity contribution in [2.75, 3.05) is 13.0 Å². The van der Waals surface area contributed by atoms with Crippen LogP contribution in [0.2, 0.25) is 0 Å². The average Bonchev–Trinajstić information content (AvgIpc) is 2.29. The fraction of sp³-hybridized carbons (Fsp3) is 0.417. The van der Waals surface area contributed by atoms with Crippen molar-refractivity contribution in [1.29, 1.82) is 0 Å². The van der Waals surface area contributed by atoms with Crippen LogP contribution in [-0.2, 0) is 0 Å². The van der Waals surface area contributed by atoms with Gasteiger partial charge in [-0.05, 0) is 25.0 Å². The summed E-state index contributed by atoms with van der Waals surface area (Å²) in [5, 5.41) is 0. The van der Waals surface area contributed by atoms with Gasteiger partial charge in [-0.25, -0.2) is 0 Å². The van der Waals surface area contributed by atoms with Gasteiger partial charge in [-0.1, -0.05) is 12.1 Å². The van der Waals surface area contributed by atoms with E-state index in [1.165, 1.54) is 0 Å². The molecule has 0 unspecified atom stereocenters. The molecule has 0 aliphatic heterocycles. The first-order valence-corrected chi connectivity index (χ1v) is 5.55. The van der Waals surface area contributed by atoms with Crippen LogP contribution >= 0.6 is 11.6 Å². The Labute approximate surface area is 95.2 Å². The first-order valence-electron chi connectivity index (χ1n) is 5.01. The van der Waals surface area contributed by atoms with E-state index in [0.29, 0.717) is 23.6 Å². The number of carbonyl (C=O) groups excluding carboxylic acids is 1. The predicted molar refractivity (Wildman–Crippen MR) is 61.9 cm³/mol.